The van der Waals surface area contributed by atoms with Gasteiger partial charge in [-0.1, -0.05) is 27.7 Å². The highest BCUT2D eigenvalue weighted by Crippen LogP contribution is 2.39. The van der Waals surface area contributed by atoms with Gasteiger partial charge in [0.05, 0.1) is 5.41 Å². The standard InChI is InChI=1S/C12H22F2O5S/c1-7-11(5,6)9(15)19-8(10(2,3)4)12(13,14)20(16,17)18/h8H,7H2,1-6H3,(H,16,17,18)/p-1. The normalized spacial score (nSPS) is 15.8. The van der Waals surface area contributed by atoms with E-state index in [1.54, 1.807) is 6.92 Å². The highest BCUT2D eigenvalue weighted by atomic mass is 32.2. The molecule has 0 heterocycles. The van der Waals surface area contributed by atoms with E-state index in [1.165, 1.54) is 34.6 Å². The quantitative estimate of drug-likeness (QED) is 0.575. The molecule has 20 heavy (non-hydrogen) atoms. The third-order valence-electron chi connectivity index (χ3n) is 3.09. The van der Waals surface area contributed by atoms with Crippen molar-refractivity contribution in [3.63, 3.8) is 0 Å². The first-order chi connectivity index (χ1) is 8.57. The molecule has 1 unspecified atom stereocenters. The Bertz CT molecular complexity index is 463. The van der Waals surface area contributed by atoms with Gasteiger partial charge in [0.1, 0.15) is 0 Å². The SMILES string of the molecule is CCC(C)(C)C(=O)OC(C(C)(C)C)C(F)(F)S(=O)(=O)[O-]. The smallest absolute Gasteiger partial charge is 0.370 e. The monoisotopic (exact) mass is 315 g/mol. The molecule has 0 aliphatic rings. The van der Waals surface area contributed by atoms with E-state index in [1.807, 2.05) is 0 Å². The Labute approximate surface area is 118 Å². The van der Waals surface area contributed by atoms with Gasteiger partial charge in [-0.15, -0.1) is 0 Å². The maximum absolute atomic E-state index is 13.8. The summed E-state index contributed by atoms with van der Waals surface area (Å²) >= 11 is 0. The second-order valence-electron chi connectivity index (χ2n) is 6.40. The first-order valence-electron chi connectivity index (χ1n) is 6.11. The number of carbonyl (C=O) groups is 1. The van der Waals surface area contributed by atoms with Crippen molar-refractivity contribution in [1.82, 2.24) is 0 Å². The summed E-state index contributed by atoms with van der Waals surface area (Å²) in [6.45, 7) is 8.43. The number of hydrogen-bond donors (Lipinski definition) is 0. The van der Waals surface area contributed by atoms with E-state index >= 15 is 0 Å². The molecule has 8 heteroatoms. The number of carbonyl (C=O) groups excluding carboxylic acids is 1. The molecule has 120 valence electrons. The van der Waals surface area contributed by atoms with E-state index < -0.39 is 38.3 Å². The second kappa shape index (κ2) is 5.55. The van der Waals surface area contributed by atoms with Gasteiger partial charge < -0.3 is 9.29 Å². The van der Waals surface area contributed by atoms with Crippen molar-refractivity contribution in [2.75, 3.05) is 0 Å². The van der Waals surface area contributed by atoms with Gasteiger partial charge in [-0.2, -0.15) is 8.78 Å². The average Bonchev–Trinajstić information content (AvgIpc) is 2.21. The first kappa shape index (κ1) is 19.2. The fraction of sp³-hybridized carbons (Fsp3) is 0.917. The summed E-state index contributed by atoms with van der Waals surface area (Å²) < 4.78 is 64.5. The van der Waals surface area contributed by atoms with Crippen LogP contribution < -0.4 is 0 Å². The van der Waals surface area contributed by atoms with E-state index in [-0.39, 0.29) is 0 Å². The van der Waals surface area contributed by atoms with Gasteiger partial charge in [0.15, 0.2) is 16.2 Å². The molecule has 0 spiro atoms. The molecule has 0 saturated heterocycles. The Morgan fingerprint density at radius 2 is 1.60 bits per heavy atom. The van der Waals surface area contributed by atoms with E-state index in [0.29, 0.717) is 6.42 Å². The molecule has 0 saturated carbocycles. The summed E-state index contributed by atoms with van der Waals surface area (Å²) in [5.74, 6) is -0.969. The predicted octanol–water partition coefficient (Wildman–Crippen LogP) is 2.52. The lowest BCUT2D eigenvalue weighted by Gasteiger charge is -2.38. The van der Waals surface area contributed by atoms with Gasteiger partial charge in [0.25, 0.3) is 0 Å². The lowest BCUT2D eigenvalue weighted by Crippen LogP contribution is -2.52. The molecule has 0 fully saturated rings. The van der Waals surface area contributed by atoms with E-state index in [4.69, 9.17) is 4.74 Å². The molecule has 1 atom stereocenters. The summed E-state index contributed by atoms with van der Waals surface area (Å²) in [6, 6.07) is 0. The summed E-state index contributed by atoms with van der Waals surface area (Å²) in [7, 11) is -5.94. The fourth-order valence-corrected chi connectivity index (χ4v) is 1.96. The van der Waals surface area contributed by atoms with Crippen LogP contribution in [0.15, 0.2) is 0 Å². The number of halogens is 2. The fourth-order valence-electron chi connectivity index (χ4n) is 1.29. The molecule has 0 aromatic heterocycles. The van der Waals surface area contributed by atoms with Crippen molar-refractivity contribution < 1.29 is 31.3 Å². The van der Waals surface area contributed by atoms with Crippen LogP contribution in [0.3, 0.4) is 0 Å². The van der Waals surface area contributed by atoms with Gasteiger partial charge in [-0.05, 0) is 20.3 Å². The molecule has 0 rings (SSSR count). The minimum absolute atomic E-state index is 0.318. The number of ether oxygens (including phenoxy) is 1. The molecule has 0 aromatic rings. The topological polar surface area (TPSA) is 83.5 Å². The highest BCUT2D eigenvalue weighted by molar-refractivity contribution is 7.86. The number of alkyl halides is 2. The van der Waals surface area contributed by atoms with Crippen LogP contribution in [-0.4, -0.2) is 30.3 Å². The van der Waals surface area contributed by atoms with E-state index in [9.17, 15) is 26.5 Å². The average molecular weight is 315 g/mol. The molecule has 0 amide bonds. The number of esters is 1. The zero-order chi connectivity index (χ0) is 16.6. The molecule has 0 bridgehead atoms. The molecule has 0 radical (unpaired) electrons. The van der Waals surface area contributed by atoms with Gasteiger partial charge in [0.2, 0.25) is 0 Å². The van der Waals surface area contributed by atoms with Crippen LogP contribution in [0.25, 0.3) is 0 Å². The lowest BCUT2D eigenvalue weighted by atomic mass is 9.87. The van der Waals surface area contributed by atoms with Crippen molar-refractivity contribution in [3.8, 4) is 0 Å². The third kappa shape index (κ3) is 4.12. The molecule has 0 aromatic carbocycles. The Morgan fingerprint density at radius 1 is 1.20 bits per heavy atom. The van der Waals surface area contributed by atoms with Crippen molar-refractivity contribution >= 4 is 16.1 Å². The summed E-state index contributed by atoms with van der Waals surface area (Å²) in [6.07, 6.45) is -2.03. The lowest BCUT2D eigenvalue weighted by molar-refractivity contribution is -0.184. The van der Waals surface area contributed by atoms with E-state index in [0.717, 1.165) is 0 Å². The Kier molecular flexibility index (Phi) is 5.34. The molecule has 0 aliphatic carbocycles. The maximum Gasteiger partial charge on any atom is 0.370 e. The van der Waals surface area contributed by atoms with Gasteiger partial charge in [0, 0.05) is 5.41 Å². The predicted molar refractivity (Wildman–Crippen MR) is 68.1 cm³/mol. The molecular weight excluding hydrogens is 294 g/mol. The summed E-state index contributed by atoms with van der Waals surface area (Å²) in [5, 5.41) is -4.69. The van der Waals surface area contributed by atoms with Crippen LogP contribution in [0.1, 0.15) is 48.0 Å². The number of rotatable bonds is 5. The molecule has 5 nitrogen and oxygen atoms in total. The zero-order valence-electron chi connectivity index (χ0n) is 12.5. The largest absolute Gasteiger partial charge is 0.743 e. The number of hydrogen-bond acceptors (Lipinski definition) is 5. The van der Waals surface area contributed by atoms with Crippen molar-refractivity contribution in [2.45, 2.75) is 59.3 Å². The van der Waals surface area contributed by atoms with Crippen molar-refractivity contribution in [1.29, 1.82) is 0 Å². The Balaban J connectivity index is 5.62. The maximum atomic E-state index is 13.8. The zero-order valence-corrected chi connectivity index (χ0v) is 13.3. The van der Waals surface area contributed by atoms with Crippen molar-refractivity contribution in [3.05, 3.63) is 0 Å². The summed E-state index contributed by atoms with van der Waals surface area (Å²) in [4.78, 5) is 11.9. The van der Waals surface area contributed by atoms with Gasteiger partial charge >= 0.3 is 11.2 Å². The Morgan fingerprint density at radius 3 is 1.85 bits per heavy atom. The van der Waals surface area contributed by atoms with Crippen LogP contribution in [0, 0.1) is 10.8 Å². The van der Waals surface area contributed by atoms with Crippen LogP contribution in [0.2, 0.25) is 0 Å². The second-order valence-corrected chi connectivity index (χ2v) is 7.86. The van der Waals surface area contributed by atoms with Crippen molar-refractivity contribution in [2.24, 2.45) is 10.8 Å². The van der Waals surface area contributed by atoms with Gasteiger partial charge in [-0.25, -0.2) is 8.42 Å². The first-order valence-corrected chi connectivity index (χ1v) is 7.52. The summed E-state index contributed by atoms with van der Waals surface area (Å²) in [5.41, 5.74) is -2.47. The molecule has 0 aliphatic heterocycles. The van der Waals surface area contributed by atoms with Crippen LogP contribution in [0.5, 0.6) is 0 Å². The van der Waals surface area contributed by atoms with Crippen LogP contribution in [-0.2, 0) is 19.6 Å². The minimum atomic E-state index is -5.94. The van der Waals surface area contributed by atoms with Crippen LogP contribution >= 0.6 is 0 Å². The molecular formula is C12H21F2O5S-. The molecule has 0 N–H and O–H groups in total. The van der Waals surface area contributed by atoms with E-state index in [2.05, 4.69) is 0 Å². The van der Waals surface area contributed by atoms with Gasteiger partial charge in [-0.3, -0.25) is 4.79 Å². The highest BCUT2D eigenvalue weighted by Gasteiger charge is 2.55. The van der Waals surface area contributed by atoms with Crippen LogP contribution in [0.4, 0.5) is 8.78 Å². The minimum Gasteiger partial charge on any atom is -0.743 e. The third-order valence-corrected chi connectivity index (χ3v) is 3.97. The Hall–Kier alpha value is -0.760.